The van der Waals surface area contributed by atoms with E-state index in [4.69, 9.17) is 21.4 Å². The molecule has 0 unspecified atom stereocenters. The van der Waals surface area contributed by atoms with Crippen molar-refractivity contribution in [1.29, 1.82) is 0 Å². The summed E-state index contributed by atoms with van der Waals surface area (Å²) in [4.78, 5) is 36.9. The van der Waals surface area contributed by atoms with Crippen LogP contribution in [-0.4, -0.2) is 33.7 Å². The van der Waals surface area contributed by atoms with E-state index in [9.17, 15) is 14.4 Å². The van der Waals surface area contributed by atoms with E-state index in [1.54, 1.807) is 48.5 Å². The van der Waals surface area contributed by atoms with E-state index in [1.165, 1.54) is 0 Å². The Hall–Kier alpha value is -2.29. The van der Waals surface area contributed by atoms with Gasteiger partial charge in [0.25, 0.3) is 11.1 Å². The van der Waals surface area contributed by atoms with Crippen LogP contribution < -0.4 is 4.74 Å². The number of carboxylic acid groups (broad SMARTS) is 1. The van der Waals surface area contributed by atoms with E-state index in [0.29, 0.717) is 31.3 Å². The molecular weight excluding hydrogens is 470 g/mol. The zero-order valence-corrected chi connectivity index (χ0v) is 17.4. The van der Waals surface area contributed by atoms with E-state index in [-0.39, 0.29) is 11.8 Å². The maximum Gasteiger partial charge on any atom is 0.341 e. The summed E-state index contributed by atoms with van der Waals surface area (Å²) >= 11 is 10.3. The molecule has 2 aromatic rings. The predicted molar refractivity (Wildman–Crippen MR) is 110 cm³/mol. The number of carbonyl (C=O) groups excluding carboxylic acids is 2. The number of carboxylic acids is 1. The molecule has 28 heavy (non-hydrogen) atoms. The van der Waals surface area contributed by atoms with Crippen molar-refractivity contribution in [2.24, 2.45) is 0 Å². The van der Waals surface area contributed by atoms with E-state index >= 15 is 0 Å². The minimum absolute atomic E-state index is 0.105. The highest BCUT2D eigenvalue weighted by atomic mass is 79.9. The molecule has 9 heteroatoms. The SMILES string of the molecule is O=C(O)COc1ccc(/C=C2\SC(=O)N(Cc3ccccc3Cl)C2=O)cc1Br. The molecule has 1 saturated heterocycles. The topological polar surface area (TPSA) is 83.9 Å². The molecule has 2 aromatic carbocycles. The van der Waals surface area contributed by atoms with Crippen LogP contribution in [0.2, 0.25) is 5.02 Å². The van der Waals surface area contributed by atoms with Crippen molar-refractivity contribution in [3.05, 3.63) is 68.0 Å². The standard InChI is InChI=1S/C19H13BrClNO5S/c20-13-7-11(5-6-15(13)27-10-17(23)24)8-16-18(25)22(19(26)28-16)9-12-3-1-2-4-14(12)21/h1-8H,9-10H2,(H,23,24)/b16-8-. The molecule has 0 atom stereocenters. The van der Waals surface area contributed by atoms with Crippen molar-refractivity contribution in [2.45, 2.75) is 6.54 Å². The lowest BCUT2D eigenvalue weighted by Crippen LogP contribution is -2.27. The number of aliphatic carboxylic acids is 1. The maximum absolute atomic E-state index is 12.6. The number of carbonyl (C=O) groups is 3. The third kappa shape index (κ3) is 4.76. The van der Waals surface area contributed by atoms with Gasteiger partial charge in [-0.1, -0.05) is 35.9 Å². The number of benzene rings is 2. The first kappa shape index (κ1) is 20.4. The van der Waals surface area contributed by atoms with Gasteiger partial charge in [0.15, 0.2) is 6.61 Å². The van der Waals surface area contributed by atoms with E-state index in [0.717, 1.165) is 16.7 Å². The van der Waals surface area contributed by atoms with Crippen LogP contribution >= 0.6 is 39.3 Å². The average Bonchev–Trinajstić information content (AvgIpc) is 2.90. The Kier molecular flexibility index (Phi) is 6.43. The van der Waals surface area contributed by atoms with Crippen molar-refractivity contribution in [1.82, 2.24) is 4.90 Å². The number of hydrogen-bond donors (Lipinski definition) is 1. The highest BCUT2D eigenvalue weighted by Gasteiger charge is 2.35. The fraction of sp³-hybridized carbons (Fsp3) is 0.105. The first-order chi connectivity index (χ1) is 13.3. The highest BCUT2D eigenvalue weighted by molar-refractivity contribution is 9.10. The first-order valence-electron chi connectivity index (χ1n) is 7.98. The van der Waals surface area contributed by atoms with E-state index < -0.39 is 18.5 Å². The minimum atomic E-state index is -1.08. The molecule has 0 aliphatic carbocycles. The Bertz CT molecular complexity index is 994. The van der Waals surface area contributed by atoms with Gasteiger partial charge in [0.2, 0.25) is 0 Å². The number of thioether (sulfide) groups is 1. The molecule has 1 heterocycles. The highest BCUT2D eigenvalue weighted by Crippen LogP contribution is 2.35. The molecule has 0 aromatic heterocycles. The molecule has 0 bridgehead atoms. The molecule has 6 nitrogen and oxygen atoms in total. The largest absolute Gasteiger partial charge is 0.481 e. The molecule has 2 amide bonds. The summed E-state index contributed by atoms with van der Waals surface area (Å²) in [5.74, 6) is -1.10. The zero-order chi connectivity index (χ0) is 20.3. The van der Waals surface area contributed by atoms with Crippen molar-refractivity contribution < 1.29 is 24.2 Å². The van der Waals surface area contributed by atoms with Crippen LogP contribution in [0.15, 0.2) is 51.8 Å². The fourth-order valence-electron chi connectivity index (χ4n) is 2.45. The van der Waals surface area contributed by atoms with Crippen LogP contribution in [0.25, 0.3) is 6.08 Å². The number of nitrogens with zero attached hydrogens (tertiary/aromatic N) is 1. The number of imide groups is 1. The Morgan fingerprint density at radius 1 is 1.25 bits per heavy atom. The van der Waals surface area contributed by atoms with Crippen molar-refractivity contribution >= 4 is 62.5 Å². The smallest absolute Gasteiger partial charge is 0.341 e. The predicted octanol–water partition coefficient (Wildman–Crippen LogP) is 4.80. The lowest BCUT2D eigenvalue weighted by Gasteiger charge is -2.13. The molecule has 1 aliphatic heterocycles. The number of amides is 2. The van der Waals surface area contributed by atoms with E-state index in [2.05, 4.69) is 15.9 Å². The maximum atomic E-state index is 12.6. The quantitative estimate of drug-likeness (QED) is 0.595. The van der Waals surface area contributed by atoms with Crippen molar-refractivity contribution in [3.8, 4) is 5.75 Å². The van der Waals surface area contributed by atoms with Gasteiger partial charge in [-0.2, -0.15) is 0 Å². The Morgan fingerprint density at radius 2 is 2.00 bits per heavy atom. The summed E-state index contributed by atoms with van der Waals surface area (Å²) in [5, 5.41) is 8.80. The minimum Gasteiger partial charge on any atom is -0.481 e. The Morgan fingerprint density at radius 3 is 2.68 bits per heavy atom. The molecule has 144 valence electrons. The molecule has 1 aliphatic rings. The summed E-state index contributed by atoms with van der Waals surface area (Å²) in [5.41, 5.74) is 1.35. The summed E-state index contributed by atoms with van der Waals surface area (Å²) in [6.45, 7) is -0.355. The van der Waals surface area contributed by atoms with Crippen LogP contribution in [0.5, 0.6) is 5.75 Å². The van der Waals surface area contributed by atoms with Gasteiger partial charge in [-0.25, -0.2) is 4.79 Å². The van der Waals surface area contributed by atoms with Gasteiger partial charge in [-0.3, -0.25) is 14.5 Å². The molecule has 0 spiro atoms. The van der Waals surface area contributed by atoms with Gasteiger partial charge in [0, 0.05) is 5.02 Å². The van der Waals surface area contributed by atoms with Crippen molar-refractivity contribution in [3.63, 3.8) is 0 Å². The molecule has 3 rings (SSSR count). The normalized spacial score (nSPS) is 15.4. The number of rotatable bonds is 6. The second-order valence-corrected chi connectivity index (χ2v) is 7.99. The second kappa shape index (κ2) is 8.81. The van der Waals surface area contributed by atoms with Gasteiger partial charge in [-0.15, -0.1) is 0 Å². The van der Waals surface area contributed by atoms with Gasteiger partial charge in [0.1, 0.15) is 5.75 Å². The van der Waals surface area contributed by atoms with Gasteiger partial charge in [0.05, 0.1) is 15.9 Å². The summed E-state index contributed by atoms with van der Waals surface area (Å²) < 4.78 is 5.68. The summed E-state index contributed by atoms with van der Waals surface area (Å²) in [6, 6.07) is 12.0. The third-order valence-corrected chi connectivity index (χ3v) is 5.66. The lowest BCUT2D eigenvalue weighted by atomic mass is 10.2. The van der Waals surface area contributed by atoms with Crippen molar-refractivity contribution in [2.75, 3.05) is 6.61 Å². The molecule has 1 N–H and O–H groups in total. The second-order valence-electron chi connectivity index (χ2n) is 5.73. The zero-order valence-electron chi connectivity index (χ0n) is 14.2. The van der Waals surface area contributed by atoms with Gasteiger partial charge < -0.3 is 9.84 Å². The van der Waals surface area contributed by atoms with Crippen LogP contribution in [0.1, 0.15) is 11.1 Å². The lowest BCUT2D eigenvalue weighted by molar-refractivity contribution is -0.139. The summed E-state index contributed by atoms with van der Waals surface area (Å²) in [6.07, 6.45) is 1.60. The van der Waals surface area contributed by atoms with Crippen LogP contribution in [-0.2, 0) is 16.1 Å². The van der Waals surface area contributed by atoms with Crippen LogP contribution in [0, 0.1) is 0 Å². The number of halogens is 2. The molecular formula is C19H13BrClNO5S. The van der Waals surface area contributed by atoms with Crippen LogP contribution in [0.4, 0.5) is 4.79 Å². The van der Waals surface area contributed by atoms with E-state index in [1.807, 2.05) is 0 Å². The van der Waals surface area contributed by atoms with Gasteiger partial charge >= 0.3 is 5.97 Å². The first-order valence-corrected chi connectivity index (χ1v) is 9.97. The fourth-order valence-corrected chi connectivity index (χ4v) is 3.99. The number of hydrogen-bond acceptors (Lipinski definition) is 5. The third-order valence-electron chi connectivity index (χ3n) is 3.76. The number of ether oxygens (including phenoxy) is 1. The molecule has 1 fully saturated rings. The summed E-state index contributed by atoms with van der Waals surface area (Å²) in [7, 11) is 0. The van der Waals surface area contributed by atoms with Gasteiger partial charge in [-0.05, 0) is 63.1 Å². The average molecular weight is 483 g/mol. The Balaban J connectivity index is 1.77. The molecule has 0 radical (unpaired) electrons. The monoisotopic (exact) mass is 481 g/mol. The molecule has 0 saturated carbocycles. The Labute approximate surface area is 178 Å². The van der Waals surface area contributed by atoms with Crippen LogP contribution in [0.3, 0.4) is 0 Å².